The second-order valence-corrected chi connectivity index (χ2v) is 5.08. The van der Waals surface area contributed by atoms with Crippen molar-refractivity contribution in [3.05, 3.63) is 18.2 Å². The van der Waals surface area contributed by atoms with E-state index in [4.69, 9.17) is 0 Å². The van der Waals surface area contributed by atoms with Crippen LogP contribution in [0, 0.1) is 0 Å². The predicted octanol–water partition coefficient (Wildman–Crippen LogP) is 1.12. The molecule has 0 atom stereocenters. The molecule has 1 amide bonds. The first-order valence-electron chi connectivity index (χ1n) is 6.36. The van der Waals surface area contributed by atoms with Crippen LogP contribution >= 0.6 is 11.7 Å². The molecule has 0 unspecified atom stereocenters. The average molecular weight is 308 g/mol. The summed E-state index contributed by atoms with van der Waals surface area (Å²) in [6, 6.07) is 5.45. The largest absolute Gasteiger partial charge is 0.469 e. The standard InChI is InChI=1S/C13H16N4O3S/c1-17(7-6-12(19)20-2)8-11(18)14-9-4-3-5-10-13(9)16-21-15-10/h3-5H,6-8H2,1-2H3,(H,14,18). The zero-order valence-corrected chi connectivity index (χ0v) is 12.6. The molecular weight excluding hydrogens is 292 g/mol. The lowest BCUT2D eigenvalue weighted by molar-refractivity contribution is -0.141. The fraction of sp³-hybridized carbons (Fsp3) is 0.385. The zero-order valence-electron chi connectivity index (χ0n) is 11.8. The Morgan fingerprint density at radius 2 is 2.19 bits per heavy atom. The Kier molecular flexibility index (Phi) is 5.18. The van der Waals surface area contributed by atoms with Gasteiger partial charge in [-0.3, -0.25) is 14.5 Å². The smallest absolute Gasteiger partial charge is 0.306 e. The van der Waals surface area contributed by atoms with Gasteiger partial charge in [-0.25, -0.2) is 0 Å². The number of hydrogen-bond acceptors (Lipinski definition) is 7. The molecule has 112 valence electrons. The van der Waals surface area contributed by atoms with Crippen LogP contribution in [0.1, 0.15) is 6.42 Å². The van der Waals surface area contributed by atoms with Crippen molar-refractivity contribution in [3.8, 4) is 0 Å². The molecule has 0 aliphatic rings. The van der Waals surface area contributed by atoms with Gasteiger partial charge in [0.2, 0.25) is 5.91 Å². The van der Waals surface area contributed by atoms with Gasteiger partial charge in [0.25, 0.3) is 0 Å². The number of hydrogen-bond donors (Lipinski definition) is 1. The van der Waals surface area contributed by atoms with Crippen LogP contribution < -0.4 is 5.32 Å². The van der Waals surface area contributed by atoms with E-state index in [0.717, 1.165) is 17.2 Å². The van der Waals surface area contributed by atoms with Crippen LogP contribution in [0.15, 0.2) is 18.2 Å². The van der Waals surface area contributed by atoms with E-state index in [9.17, 15) is 9.59 Å². The maximum Gasteiger partial charge on any atom is 0.306 e. The van der Waals surface area contributed by atoms with Gasteiger partial charge >= 0.3 is 5.97 Å². The number of anilines is 1. The Labute approximate surface area is 126 Å². The van der Waals surface area contributed by atoms with Crippen LogP contribution in [0.3, 0.4) is 0 Å². The van der Waals surface area contributed by atoms with Crippen LogP contribution in [0.2, 0.25) is 0 Å². The lowest BCUT2D eigenvalue weighted by atomic mass is 10.2. The van der Waals surface area contributed by atoms with Crippen LogP contribution in [0.4, 0.5) is 5.69 Å². The zero-order chi connectivity index (χ0) is 15.2. The normalized spacial score (nSPS) is 10.8. The minimum absolute atomic E-state index is 0.164. The van der Waals surface area contributed by atoms with Crippen molar-refractivity contribution < 1.29 is 14.3 Å². The van der Waals surface area contributed by atoms with E-state index in [1.54, 1.807) is 18.0 Å². The van der Waals surface area contributed by atoms with E-state index >= 15 is 0 Å². The molecule has 1 N–H and O–H groups in total. The SMILES string of the molecule is COC(=O)CCN(C)CC(=O)Nc1cccc2nsnc12. The lowest BCUT2D eigenvalue weighted by Gasteiger charge is -2.15. The molecule has 1 heterocycles. The number of carbonyl (C=O) groups is 2. The summed E-state index contributed by atoms with van der Waals surface area (Å²) in [5.74, 6) is -0.455. The predicted molar refractivity (Wildman–Crippen MR) is 80.2 cm³/mol. The van der Waals surface area contributed by atoms with Gasteiger partial charge < -0.3 is 10.1 Å². The highest BCUT2D eigenvalue weighted by atomic mass is 32.1. The van der Waals surface area contributed by atoms with Crippen molar-refractivity contribution in [3.63, 3.8) is 0 Å². The molecule has 21 heavy (non-hydrogen) atoms. The number of likely N-dealkylation sites (N-methyl/N-ethyl adjacent to an activating group) is 1. The third-order valence-corrected chi connectivity index (χ3v) is 3.44. The summed E-state index contributed by atoms with van der Waals surface area (Å²) in [7, 11) is 3.12. The van der Waals surface area contributed by atoms with Crippen LogP contribution in [-0.2, 0) is 14.3 Å². The molecule has 0 saturated carbocycles. The number of ether oxygens (including phenoxy) is 1. The van der Waals surface area contributed by atoms with Gasteiger partial charge in [0.05, 0.1) is 37.5 Å². The fourth-order valence-electron chi connectivity index (χ4n) is 1.81. The molecule has 0 aliphatic carbocycles. The minimum Gasteiger partial charge on any atom is -0.469 e. The number of nitrogens with one attached hydrogen (secondary N) is 1. The van der Waals surface area contributed by atoms with Crippen LogP contribution in [0.5, 0.6) is 0 Å². The summed E-state index contributed by atoms with van der Waals surface area (Å²) in [5.41, 5.74) is 2.09. The highest BCUT2D eigenvalue weighted by molar-refractivity contribution is 7.00. The maximum atomic E-state index is 12.0. The average Bonchev–Trinajstić information content (AvgIpc) is 2.94. The second-order valence-electron chi connectivity index (χ2n) is 4.55. The van der Waals surface area contributed by atoms with E-state index in [0.29, 0.717) is 17.7 Å². The van der Waals surface area contributed by atoms with Crippen molar-refractivity contribution in [1.82, 2.24) is 13.6 Å². The van der Waals surface area contributed by atoms with E-state index < -0.39 is 0 Å². The maximum absolute atomic E-state index is 12.0. The first-order valence-corrected chi connectivity index (χ1v) is 7.09. The summed E-state index contributed by atoms with van der Waals surface area (Å²) in [6.45, 7) is 0.646. The van der Waals surface area contributed by atoms with E-state index in [1.807, 2.05) is 12.1 Å². The van der Waals surface area contributed by atoms with E-state index in [-0.39, 0.29) is 24.8 Å². The van der Waals surface area contributed by atoms with Crippen molar-refractivity contribution in [2.75, 3.05) is 32.6 Å². The molecule has 0 saturated heterocycles. The number of nitrogens with zero attached hydrogens (tertiary/aromatic N) is 3. The summed E-state index contributed by atoms with van der Waals surface area (Å²) < 4.78 is 12.8. The molecule has 2 aromatic rings. The van der Waals surface area contributed by atoms with Crippen LogP contribution in [-0.4, -0.2) is 52.8 Å². The minimum atomic E-state index is -0.291. The number of methoxy groups -OCH3 is 1. The first-order chi connectivity index (χ1) is 10.1. The number of aromatic nitrogens is 2. The Bertz CT molecular complexity index is 643. The molecular formula is C13H16N4O3S. The molecule has 1 aromatic heterocycles. The van der Waals surface area contributed by atoms with Gasteiger partial charge in [0.1, 0.15) is 11.0 Å². The van der Waals surface area contributed by atoms with Crippen molar-refractivity contribution in [2.24, 2.45) is 0 Å². The van der Waals surface area contributed by atoms with Crippen LogP contribution in [0.25, 0.3) is 11.0 Å². The third kappa shape index (κ3) is 4.20. The second kappa shape index (κ2) is 7.09. The number of fused-ring (bicyclic) bond motifs is 1. The van der Waals surface area contributed by atoms with Gasteiger partial charge in [-0.1, -0.05) is 6.07 Å². The lowest BCUT2D eigenvalue weighted by Crippen LogP contribution is -2.31. The summed E-state index contributed by atoms with van der Waals surface area (Å²) in [6.07, 6.45) is 0.256. The van der Waals surface area contributed by atoms with Crippen molar-refractivity contribution in [1.29, 1.82) is 0 Å². The van der Waals surface area contributed by atoms with Gasteiger partial charge in [-0.15, -0.1) is 0 Å². The van der Waals surface area contributed by atoms with E-state index in [2.05, 4.69) is 18.8 Å². The molecule has 2 rings (SSSR count). The Morgan fingerprint density at radius 1 is 1.38 bits per heavy atom. The molecule has 0 aliphatic heterocycles. The molecule has 1 aromatic carbocycles. The van der Waals surface area contributed by atoms with Gasteiger partial charge in [-0.05, 0) is 19.2 Å². The Morgan fingerprint density at radius 3 is 2.95 bits per heavy atom. The highest BCUT2D eigenvalue weighted by Gasteiger charge is 2.11. The summed E-state index contributed by atoms with van der Waals surface area (Å²) in [5, 5.41) is 2.81. The molecule has 0 fully saturated rings. The number of benzene rings is 1. The fourth-order valence-corrected chi connectivity index (χ4v) is 2.35. The molecule has 0 bridgehead atoms. The number of amides is 1. The third-order valence-electron chi connectivity index (χ3n) is 2.90. The quantitative estimate of drug-likeness (QED) is 0.805. The first kappa shape index (κ1) is 15.3. The summed E-state index contributed by atoms with van der Waals surface area (Å²) >= 11 is 1.11. The molecule has 8 heteroatoms. The summed E-state index contributed by atoms with van der Waals surface area (Å²) in [4.78, 5) is 24.8. The Hall–Kier alpha value is -2.06. The van der Waals surface area contributed by atoms with Gasteiger partial charge in [0, 0.05) is 6.54 Å². The number of carbonyl (C=O) groups excluding carboxylic acids is 2. The van der Waals surface area contributed by atoms with Gasteiger partial charge in [-0.2, -0.15) is 8.75 Å². The van der Waals surface area contributed by atoms with Crippen molar-refractivity contribution >= 4 is 40.3 Å². The molecule has 7 nitrogen and oxygen atoms in total. The number of esters is 1. The van der Waals surface area contributed by atoms with Gasteiger partial charge in [0.15, 0.2) is 0 Å². The number of rotatable bonds is 6. The molecule has 0 spiro atoms. The highest BCUT2D eigenvalue weighted by Crippen LogP contribution is 2.20. The van der Waals surface area contributed by atoms with E-state index in [1.165, 1.54) is 7.11 Å². The topological polar surface area (TPSA) is 84.4 Å². The van der Waals surface area contributed by atoms with Crippen molar-refractivity contribution in [2.45, 2.75) is 6.42 Å². The molecule has 0 radical (unpaired) electrons. The Balaban J connectivity index is 1.89. The monoisotopic (exact) mass is 308 g/mol.